The van der Waals surface area contributed by atoms with E-state index < -0.39 is 12.1 Å². The van der Waals surface area contributed by atoms with E-state index in [1.807, 2.05) is 39.0 Å². The number of nitrogens with one attached hydrogen (secondary N) is 2. The zero-order valence-electron chi connectivity index (χ0n) is 14.3. The first-order valence-corrected chi connectivity index (χ1v) is 7.80. The van der Waals surface area contributed by atoms with Crippen LogP contribution in [-0.2, 0) is 11.2 Å². The molecule has 0 fully saturated rings. The summed E-state index contributed by atoms with van der Waals surface area (Å²) >= 11 is 0. The Labute approximate surface area is 137 Å². The van der Waals surface area contributed by atoms with Gasteiger partial charge in [-0.1, -0.05) is 31.5 Å². The van der Waals surface area contributed by atoms with Crippen LogP contribution in [0.5, 0.6) is 5.75 Å². The molecule has 0 aromatic heterocycles. The maximum absolute atomic E-state index is 12.2. The Balaban J connectivity index is 2.60. The van der Waals surface area contributed by atoms with E-state index in [9.17, 15) is 9.59 Å². The summed E-state index contributed by atoms with van der Waals surface area (Å²) in [6.07, 6.45) is 1.20. The minimum Gasteiger partial charge on any atom is -0.496 e. The average molecular weight is 321 g/mol. The summed E-state index contributed by atoms with van der Waals surface area (Å²) in [5.41, 5.74) is 7.31. The van der Waals surface area contributed by atoms with E-state index in [0.29, 0.717) is 19.4 Å². The molecule has 0 saturated carbocycles. The van der Waals surface area contributed by atoms with Crippen LogP contribution in [0.1, 0.15) is 31.4 Å². The molecular formula is C17H27N3O3. The summed E-state index contributed by atoms with van der Waals surface area (Å²) in [7, 11) is 1.63. The van der Waals surface area contributed by atoms with Crippen molar-refractivity contribution >= 4 is 11.9 Å². The minimum atomic E-state index is -0.689. The van der Waals surface area contributed by atoms with Crippen molar-refractivity contribution in [2.75, 3.05) is 13.7 Å². The van der Waals surface area contributed by atoms with Crippen LogP contribution >= 0.6 is 0 Å². The van der Waals surface area contributed by atoms with Gasteiger partial charge in [0.2, 0.25) is 5.91 Å². The van der Waals surface area contributed by atoms with E-state index in [2.05, 4.69) is 10.6 Å². The molecule has 6 heteroatoms. The van der Waals surface area contributed by atoms with Gasteiger partial charge in [-0.2, -0.15) is 0 Å². The Kier molecular flexibility index (Phi) is 7.38. The van der Waals surface area contributed by atoms with Crippen molar-refractivity contribution in [3.8, 4) is 5.75 Å². The van der Waals surface area contributed by atoms with Gasteiger partial charge in [0.15, 0.2) is 0 Å². The quantitative estimate of drug-likeness (QED) is 0.681. The van der Waals surface area contributed by atoms with Gasteiger partial charge in [-0.3, -0.25) is 4.79 Å². The molecule has 0 heterocycles. The zero-order valence-corrected chi connectivity index (χ0v) is 14.3. The third-order valence-electron chi connectivity index (χ3n) is 3.47. The van der Waals surface area contributed by atoms with E-state index in [4.69, 9.17) is 10.5 Å². The van der Waals surface area contributed by atoms with Crippen LogP contribution in [0.15, 0.2) is 18.2 Å². The normalized spacial score (nSPS) is 11.9. The van der Waals surface area contributed by atoms with Gasteiger partial charge in [0.25, 0.3) is 0 Å². The van der Waals surface area contributed by atoms with E-state index in [1.165, 1.54) is 0 Å². The van der Waals surface area contributed by atoms with E-state index >= 15 is 0 Å². The summed E-state index contributed by atoms with van der Waals surface area (Å²) in [5, 5.41) is 5.34. The molecule has 1 atom stereocenters. The van der Waals surface area contributed by atoms with Gasteiger partial charge in [0.05, 0.1) is 7.11 Å². The van der Waals surface area contributed by atoms with Gasteiger partial charge in [-0.05, 0) is 37.3 Å². The molecule has 0 aliphatic rings. The fourth-order valence-electron chi connectivity index (χ4n) is 2.42. The molecule has 6 nitrogen and oxygen atoms in total. The highest BCUT2D eigenvalue weighted by Crippen LogP contribution is 2.19. The van der Waals surface area contributed by atoms with Gasteiger partial charge in [0.1, 0.15) is 11.8 Å². The molecule has 1 unspecified atom stereocenters. The SMILES string of the molecule is COc1ccc(C)cc1CCNC(=O)C(CC(C)C)NC(N)=O. The fourth-order valence-corrected chi connectivity index (χ4v) is 2.42. The summed E-state index contributed by atoms with van der Waals surface area (Å²) in [5.74, 6) is 0.859. The molecule has 128 valence electrons. The first-order chi connectivity index (χ1) is 10.8. The second-order valence-electron chi connectivity index (χ2n) is 6.05. The predicted octanol–water partition coefficient (Wildman–Crippen LogP) is 1.75. The molecule has 0 radical (unpaired) electrons. The van der Waals surface area contributed by atoms with Crippen LogP contribution < -0.4 is 21.1 Å². The van der Waals surface area contributed by atoms with Crippen molar-refractivity contribution in [3.63, 3.8) is 0 Å². The number of carbonyl (C=O) groups excluding carboxylic acids is 2. The zero-order chi connectivity index (χ0) is 17.4. The van der Waals surface area contributed by atoms with E-state index in [-0.39, 0.29) is 11.8 Å². The molecule has 0 bridgehead atoms. The van der Waals surface area contributed by atoms with Crippen LogP contribution in [0.25, 0.3) is 0 Å². The topological polar surface area (TPSA) is 93.4 Å². The number of benzene rings is 1. The molecule has 0 aliphatic heterocycles. The molecule has 1 aromatic carbocycles. The number of rotatable bonds is 8. The lowest BCUT2D eigenvalue weighted by Crippen LogP contribution is -2.49. The first kappa shape index (κ1) is 18.8. The van der Waals surface area contributed by atoms with E-state index in [1.54, 1.807) is 7.11 Å². The van der Waals surface area contributed by atoms with Crippen molar-refractivity contribution in [2.24, 2.45) is 11.7 Å². The highest BCUT2D eigenvalue weighted by Gasteiger charge is 2.20. The van der Waals surface area contributed by atoms with Crippen LogP contribution in [0.3, 0.4) is 0 Å². The monoisotopic (exact) mass is 321 g/mol. The molecule has 0 aliphatic carbocycles. The smallest absolute Gasteiger partial charge is 0.312 e. The minimum absolute atomic E-state index is 0.218. The number of methoxy groups -OCH3 is 1. The van der Waals surface area contributed by atoms with Gasteiger partial charge < -0.3 is 21.1 Å². The average Bonchev–Trinajstić information content (AvgIpc) is 2.45. The second-order valence-corrected chi connectivity index (χ2v) is 6.05. The standard InChI is InChI=1S/C17H27N3O3/c1-11(2)9-14(20-17(18)22)16(21)19-8-7-13-10-12(3)5-6-15(13)23-4/h5-6,10-11,14H,7-9H2,1-4H3,(H,19,21)(H3,18,20,22). The Morgan fingerprint density at radius 2 is 2.00 bits per heavy atom. The lowest BCUT2D eigenvalue weighted by molar-refractivity contribution is -0.123. The van der Waals surface area contributed by atoms with Crippen LogP contribution in [-0.4, -0.2) is 31.6 Å². The van der Waals surface area contributed by atoms with Gasteiger partial charge in [0, 0.05) is 6.54 Å². The summed E-state index contributed by atoms with van der Waals surface area (Å²) < 4.78 is 5.32. The molecule has 1 aromatic rings. The first-order valence-electron chi connectivity index (χ1n) is 7.80. The Morgan fingerprint density at radius 1 is 1.30 bits per heavy atom. The number of hydrogen-bond donors (Lipinski definition) is 3. The van der Waals surface area contributed by atoms with Crippen LogP contribution in [0, 0.1) is 12.8 Å². The maximum atomic E-state index is 12.2. The third-order valence-corrected chi connectivity index (χ3v) is 3.47. The highest BCUT2D eigenvalue weighted by atomic mass is 16.5. The Bertz CT molecular complexity index is 544. The van der Waals surface area contributed by atoms with Gasteiger partial charge >= 0.3 is 6.03 Å². The van der Waals surface area contributed by atoms with Gasteiger partial charge in [-0.25, -0.2) is 4.79 Å². The van der Waals surface area contributed by atoms with Crippen molar-refractivity contribution in [1.29, 1.82) is 0 Å². The lowest BCUT2D eigenvalue weighted by atomic mass is 10.0. The van der Waals surface area contributed by atoms with Gasteiger partial charge in [-0.15, -0.1) is 0 Å². The predicted molar refractivity (Wildman–Crippen MR) is 90.4 cm³/mol. The molecule has 1 rings (SSSR count). The Hall–Kier alpha value is -2.24. The molecular weight excluding hydrogens is 294 g/mol. The highest BCUT2D eigenvalue weighted by molar-refractivity contribution is 5.86. The number of hydrogen-bond acceptors (Lipinski definition) is 3. The largest absolute Gasteiger partial charge is 0.496 e. The lowest BCUT2D eigenvalue weighted by Gasteiger charge is -2.19. The number of aryl methyl sites for hydroxylation is 1. The summed E-state index contributed by atoms with van der Waals surface area (Å²) in [6.45, 7) is 6.45. The number of primary amides is 1. The molecule has 4 N–H and O–H groups in total. The van der Waals surface area contributed by atoms with Crippen LogP contribution in [0.4, 0.5) is 4.79 Å². The number of amides is 3. The Morgan fingerprint density at radius 3 is 2.57 bits per heavy atom. The molecule has 3 amide bonds. The summed E-state index contributed by atoms with van der Waals surface area (Å²) in [6, 6.07) is 4.65. The van der Waals surface area contributed by atoms with Crippen molar-refractivity contribution in [1.82, 2.24) is 10.6 Å². The fraction of sp³-hybridized carbons (Fsp3) is 0.529. The number of carbonyl (C=O) groups is 2. The summed E-state index contributed by atoms with van der Waals surface area (Å²) in [4.78, 5) is 23.2. The molecule has 0 spiro atoms. The third kappa shape index (κ3) is 6.59. The molecule has 0 saturated heterocycles. The number of nitrogens with two attached hydrogens (primary N) is 1. The number of urea groups is 1. The van der Waals surface area contributed by atoms with Crippen molar-refractivity contribution in [2.45, 2.75) is 39.7 Å². The second kappa shape index (κ2) is 9.02. The van der Waals surface area contributed by atoms with Crippen LogP contribution in [0.2, 0.25) is 0 Å². The maximum Gasteiger partial charge on any atom is 0.312 e. The number of ether oxygens (including phenoxy) is 1. The van der Waals surface area contributed by atoms with Crippen molar-refractivity contribution in [3.05, 3.63) is 29.3 Å². The van der Waals surface area contributed by atoms with Crippen molar-refractivity contribution < 1.29 is 14.3 Å². The van der Waals surface area contributed by atoms with E-state index in [0.717, 1.165) is 16.9 Å². The molecule has 23 heavy (non-hydrogen) atoms.